The van der Waals surface area contributed by atoms with Gasteiger partial charge in [-0.25, -0.2) is 8.78 Å². The number of ether oxygens (including phenoxy) is 1. The molecule has 1 N–H and O–H groups in total. The fourth-order valence-electron chi connectivity index (χ4n) is 2.21. The lowest BCUT2D eigenvalue weighted by Crippen LogP contribution is -2.19. The molecule has 0 radical (unpaired) electrons. The standard InChI is InChI=1S/C16H16BrF2NO/c1-3-21-15-7-4-10(8-13(15)17)16(20-2)12-6-5-11(18)9-14(12)19/h4-9,16,20H,3H2,1-2H3. The average molecular weight is 356 g/mol. The van der Waals surface area contributed by atoms with Crippen molar-refractivity contribution in [3.8, 4) is 5.75 Å². The van der Waals surface area contributed by atoms with E-state index in [4.69, 9.17) is 4.74 Å². The zero-order valence-corrected chi connectivity index (χ0v) is 13.4. The zero-order valence-electron chi connectivity index (χ0n) is 11.8. The van der Waals surface area contributed by atoms with Gasteiger partial charge in [0.05, 0.1) is 17.1 Å². The Morgan fingerprint density at radius 2 is 1.95 bits per heavy atom. The van der Waals surface area contributed by atoms with Crippen LogP contribution in [0.3, 0.4) is 0 Å². The van der Waals surface area contributed by atoms with E-state index in [1.807, 2.05) is 25.1 Å². The van der Waals surface area contributed by atoms with Crippen LogP contribution < -0.4 is 10.1 Å². The Balaban J connectivity index is 2.39. The van der Waals surface area contributed by atoms with Crippen molar-refractivity contribution < 1.29 is 13.5 Å². The van der Waals surface area contributed by atoms with Crippen molar-refractivity contribution in [1.82, 2.24) is 5.32 Å². The van der Waals surface area contributed by atoms with E-state index in [0.717, 1.165) is 21.9 Å². The minimum Gasteiger partial charge on any atom is -0.493 e. The molecule has 0 aliphatic rings. The number of hydrogen-bond donors (Lipinski definition) is 1. The maximum atomic E-state index is 14.0. The largest absolute Gasteiger partial charge is 0.493 e. The van der Waals surface area contributed by atoms with Crippen LogP contribution in [0.5, 0.6) is 5.75 Å². The van der Waals surface area contributed by atoms with E-state index in [1.165, 1.54) is 12.1 Å². The van der Waals surface area contributed by atoms with Gasteiger partial charge in [0.1, 0.15) is 17.4 Å². The maximum Gasteiger partial charge on any atom is 0.133 e. The first-order chi connectivity index (χ1) is 10.1. The van der Waals surface area contributed by atoms with Crippen LogP contribution in [-0.2, 0) is 0 Å². The molecule has 0 aliphatic heterocycles. The fourth-order valence-corrected chi connectivity index (χ4v) is 2.72. The van der Waals surface area contributed by atoms with Crippen molar-refractivity contribution in [2.24, 2.45) is 0 Å². The van der Waals surface area contributed by atoms with E-state index in [9.17, 15) is 8.78 Å². The molecule has 0 heterocycles. The van der Waals surface area contributed by atoms with Gasteiger partial charge in [-0.1, -0.05) is 12.1 Å². The third-order valence-electron chi connectivity index (χ3n) is 3.15. The Morgan fingerprint density at radius 3 is 2.52 bits per heavy atom. The van der Waals surface area contributed by atoms with Gasteiger partial charge in [0.25, 0.3) is 0 Å². The lowest BCUT2D eigenvalue weighted by Gasteiger charge is -2.19. The van der Waals surface area contributed by atoms with Crippen molar-refractivity contribution in [3.05, 3.63) is 63.6 Å². The summed E-state index contributed by atoms with van der Waals surface area (Å²) in [5, 5.41) is 3.05. The molecular weight excluding hydrogens is 340 g/mol. The van der Waals surface area contributed by atoms with Crippen molar-refractivity contribution in [2.75, 3.05) is 13.7 Å². The highest BCUT2D eigenvalue weighted by Crippen LogP contribution is 2.31. The van der Waals surface area contributed by atoms with Crippen molar-refractivity contribution in [3.63, 3.8) is 0 Å². The first-order valence-corrected chi connectivity index (χ1v) is 7.40. The summed E-state index contributed by atoms with van der Waals surface area (Å²) in [7, 11) is 1.73. The lowest BCUT2D eigenvalue weighted by atomic mass is 9.98. The van der Waals surface area contributed by atoms with E-state index < -0.39 is 11.6 Å². The molecule has 0 aliphatic carbocycles. The summed E-state index contributed by atoms with van der Waals surface area (Å²) in [5.74, 6) is -0.422. The van der Waals surface area contributed by atoms with Gasteiger partial charge in [0.2, 0.25) is 0 Å². The highest BCUT2D eigenvalue weighted by atomic mass is 79.9. The molecule has 112 valence electrons. The third kappa shape index (κ3) is 3.60. The van der Waals surface area contributed by atoms with E-state index in [1.54, 1.807) is 7.05 Å². The van der Waals surface area contributed by atoms with E-state index in [0.29, 0.717) is 12.2 Å². The highest BCUT2D eigenvalue weighted by molar-refractivity contribution is 9.10. The SMILES string of the molecule is CCOc1ccc(C(NC)c2ccc(F)cc2F)cc1Br. The molecule has 2 nitrogen and oxygen atoms in total. The van der Waals surface area contributed by atoms with E-state index in [-0.39, 0.29) is 6.04 Å². The summed E-state index contributed by atoms with van der Waals surface area (Å²) in [6.07, 6.45) is 0. The first kappa shape index (κ1) is 15.9. The van der Waals surface area contributed by atoms with Gasteiger partial charge in [-0.05, 0) is 53.7 Å². The van der Waals surface area contributed by atoms with Crippen molar-refractivity contribution in [1.29, 1.82) is 0 Å². The molecule has 0 saturated heterocycles. The Kier molecular flexibility index (Phi) is 5.31. The normalized spacial score (nSPS) is 12.2. The second-order valence-corrected chi connectivity index (χ2v) is 5.36. The molecule has 0 saturated carbocycles. The predicted octanol–water partition coefficient (Wildman–Crippen LogP) is 4.43. The Hall–Kier alpha value is -1.46. The van der Waals surface area contributed by atoms with Crippen LogP contribution in [0, 0.1) is 11.6 Å². The smallest absolute Gasteiger partial charge is 0.133 e. The summed E-state index contributed by atoms with van der Waals surface area (Å²) in [5.41, 5.74) is 1.26. The van der Waals surface area contributed by atoms with Gasteiger partial charge in [-0.15, -0.1) is 0 Å². The molecule has 2 aromatic carbocycles. The molecule has 2 rings (SSSR count). The number of benzene rings is 2. The highest BCUT2D eigenvalue weighted by Gasteiger charge is 2.18. The van der Waals surface area contributed by atoms with Crippen LogP contribution in [0.15, 0.2) is 40.9 Å². The third-order valence-corrected chi connectivity index (χ3v) is 3.77. The minimum atomic E-state index is -0.584. The number of halogens is 3. The van der Waals surface area contributed by atoms with Crippen LogP contribution in [-0.4, -0.2) is 13.7 Å². The van der Waals surface area contributed by atoms with Gasteiger partial charge < -0.3 is 10.1 Å². The molecule has 2 aromatic rings. The first-order valence-electron chi connectivity index (χ1n) is 6.61. The van der Waals surface area contributed by atoms with Crippen molar-refractivity contribution in [2.45, 2.75) is 13.0 Å². The molecule has 1 atom stereocenters. The average Bonchev–Trinajstić information content (AvgIpc) is 2.45. The summed E-state index contributed by atoms with van der Waals surface area (Å²) >= 11 is 3.44. The fraction of sp³-hybridized carbons (Fsp3) is 0.250. The number of hydrogen-bond acceptors (Lipinski definition) is 2. The molecular formula is C16H16BrF2NO. The van der Waals surface area contributed by atoms with E-state index >= 15 is 0 Å². The second-order valence-electron chi connectivity index (χ2n) is 4.51. The monoisotopic (exact) mass is 355 g/mol. The summed E-state index contributed by atoms with van der Waals surface area (Å²) in [6.45, 7) is 2.48. The second kappa shape index (κ2) is 7.00. The van der Waals surface area contributed by atoms with Gasteiger partial charge in [-0.2, -0.15) is 0 Å². The number of rotatable bonds is 5. The minimum absolute atomic E-state index is 0.363. The molecule has 5 heteroatoms. The summed E-state index contributed by atoms with van der Waals surface area (Å²) in [4.78, 5) is 0. The Labute approximate surface area is 131 Å². The van der Waals surface area contributed by atoms with Gasteiger partial charge in [0.15, 0.2) is 0 Å². The van der Waals surface area contributed by atoms with Gasteiger partial charge in [0, 0.05) is 11.6 Å². The van der Waals surface area contributed by atoms with Crippen LogP contribution >= 0.6 is 15.9 Å². The molecule has 0 spiro atoms. The Bertz CT molecular complexity index is 634. The molecule has 0 fully saturated rings. The van der Waals surface area contributed by atoms with Crippen molar-refractivity contribution >= 4 is 15.9 Å². The van der Waals surface area contributed by atoms with Crippen LogP contribution in [0.25, 0.3) is 0 Å². The molecule has 0 bridgehead atoms. The maximum absolute atomic E-state index is 14.0. The predicted molar refractivity (Wildman–Crippen MR) is 82.6 cm³/mol. The molecule has 21 heavy (non-hydrogen) atoms. The van der Waals surface area contributed by atoms with Gasteiger partial charge >= 0.3 is 0 Å². The quantitative estimate of drug-likeness (QED) is 0.856. The van der Waals surface area contributed by atoms with Crippen LogP contribution in [0.2, 0.25) is 0 Å². The van der Waals surface area contributed by atoms with Gasteiger partial charge in [-0.3, -0.25) is 0 Å². The zero-order chi connectivity index (χ0) is 15.4. The summed E-state index contributed by atoms with van der Waals surface area (Å²) in [6, 6.07) is 8.80. The summed E-state index contributed by atoms with van der Waals surface area (Å²) < 4.78 is 33.2. The number of nitrogens with one attached hydrogen (secondary N) is 1. The molecule has 0 amide bonds. The lowest BCUT2D eigenvalue weighted by molar-refractivity contribution is 0.338. The molecule has 0 aromatic heterocycles. The topological polar surface area (TPSA) is 21.3 Å². The molecule has 1 unspecified atom stereocenters. The van der Waals surface area contributed by atoms with E-state index in [2.05, 4.69) is 21.2 Å². The van der Waals surface area contributed by atoms with Crippen LogP contribution in [0.4, 0.5) is 8.78 Å². The Morgan fingerprint density at radius 1 is 1.19 bits per heavy atom. The van der Waals surface area contributed by atoms with Crippen LogP contribution in [0.1, 0.15) is 24.1 Å².